The Morgan fingerprint density at radius 3 is 2.24 bits per heavy atom. The molecule has 0 saturated heterocycles. The van der Waals surface area contributed by atoms with Gasteiger partial charge in [0.1, 0.15) is 17.6 Å². The van der Waals surface area contributed by atoms with Crippen LogP contribution >= 0.6 is 0 Å². The maximum absolute atomic E-state index is 12.7. The monoisotopic (exact) mass is 502 g/mol. The Bertz CT molecular complexity index is 1450. The maximum Gasteiger partial charge on any atom is 0.161 e. The number of aromatic hydroxyl groups is 5. The molecule has 0 aromatic heterocycles. The molecule has 4 atom stereocenters. The molecule has 1 aliphatic heterocycles. The molecule has 0 bridgehead atoms. The first kappa shape index (κ1) is 24.3. The van der Waals surface area contributed by atoms with Crippen LogP contribution in [0.5, 0.6) is 34.5 Å². The number of benzene rings is 3. The summed E-state index contributed by atoms with van der Waals surface area (Å²) in [5.74, 6) is -2.10. The van der Waals surface area contributed by atoms with E-state index in [0.29, 0.717) is 33.6 Å². The predicted octanol–water partition coefficient (Wildman–Crippen LogP) is 4.50. The maximum atomic E-state index is 12.7. The summed E-state index contributed by atoms with van der Waals surface area (Å²) in [6.07, 6.45) is 3.60. The molecule has 8 heteroatoms. The van der Waals surface area contributed by atoms with Crippen LogP contribution in [0.1, 0.15) is 47.6 Å². The number of phenolic OH excluding ortho intramolecular Hbond substituents is 5. The number of ether oxygens (including phenoxy) is 1. The van der Waals surface area contributed by atoms with Gasteiger partial charge in [0.05, 0.1) is 12.0 Å². The van der Waals surface area contributed by atoms with E-state index in [1.54, 1.807) is 37.3 Å². The van der Waals surface area contributed by atoms with E-state index in [2.05, 4.69) is 0 Å². The Morgan fingerprint density at radius 1 is 0.865 bits per heavy atom. The van der Waals surface area contributed by atoms with E-state index < -0.39 is 24.0 Å². The van der Waals surface area contributed by atoms with Gasteiger partial charge in [0, 0.05) is 17.5 Å². The van der Waals surface area contributed by atoms with E-state index in [1.807, 2.05) is 0 Å². The number of carbonyl (C=O) groups is 1. The molecule has 37 heavy (non-hydrogen) atoms. The fourth-order valence-corrected chi connectivity index (χ4v) is 4.94. The average Bonchev–Trinajstić information content (AvgIpc) is 3.23. The van der Waals surface area contributed by atoms with Crippen LogP contribution in [0.15, 0.2) is 60.2 Å². The number of carbonyl (C=O) groups excluding carboxylic acids is 1. The molecule has 0 spiro atoms. The molecule has 4 unspecified atom stereocenters. The normalized spacial score (nSPS) is 23.1. The standard InChI is InChI=1S/C29H26O8/c1-14-22(33)11-18(12-23(14)34)28-27-16(4-2-15-3-6-20(31)24(35)8-15)9-19(30)13-26(27)37-29(28)17-5-7-21(32)25(36)10-17/h2-11,13-14,23,28-32,34-36H,12H2,1H3/b4-2+. The smallest absolute Gasteiger partial charge is 0.161 e. The first-order chi connectivity index (χ1) is 17.6. The molecule has 0 radical (unpaired) electrons. The lowest BCUT2D eigenvalue weighted by Crippen LogP contribution is -2.31. The number of phenols is 5. The van der Waals surface area contributed by atoms with Crippen molar-refractivity contribution in [3.05, 3.63) is 82.4 Å². The quantitative estimate of drug-likeness (QED) is 0.226. The van der Waals surface area contributed by atoms with Crippen LogP contribution in [0.3, 0.4) is 0 Å². The largest absolute Gasteiger partial charge is 0.508 e. The van der Waals surface area contributed by atoms with Crippen molar-refractivity contribution < 1.29 is 40.2 Å². The van der Waals surface area contributed by atoms with Gasteiger partial charge >= 0.3 is 0 Å². The predicted molar refractivity (Wildman–Crippen MR) is 136 cm³/mol. The number of fused-ring (bicyclic) bond motifs is 1. The molecule has 5 rings (SSSR count). The lowest BCUT2D eigenvalue weighted by molar-refractivity contribution is -0.121. The van der Waals surface area contributed by atoms with Crippen LogP contribution in [-0.2, 0) is 4.79 Å². The Morgan fingerprint density at radius 2 is 1.57 bits per heavy atom. The van der Waals surface area contributed by atoms with Crippen molar-refractivity contribution in [2.75, 3.05) is 0 Å². The molecule has 3 aromatic rings. The first-order valence-corrected chi connectivity index (χ1v) is 11.8. The molecule has 2 aliphatic rings. The van der Waals surface area contributed by atoms with Gasteiger partial charge in [0.25, 0.3) is 0 Å². The lowest BCUT2D eigenvalue weighted by Gasteiger charge is -2.29. The van der Waals surface area contributed by atoms with Gasteiger partial charge in [-0.3, -0.25) is 4.79 Å². The highest BCUT2D eigenvalue weighted by Crippen LogP contribution is 2.54. The number of allylic oxidation sites excluding steroid dienone is 1. The summed E-state index contributed by atoms with van der Waals surface area (Å²) in [5.41, 5.74) is 3.04. The minimum absolute atomic E-state index is 0.0535. The lowest BCUT2D eigenvalue weighted by atomic mass is 9.75. The van der Waals surface area contributed by atoms with Gasteiger partial charge in [0.15, 0.2) is 28.8 Å². The molecule has 6 N–H and O–H groups in total. The fraction of sp³-hybridized carbons (Fsp3) is 0.207. The SMILES string of the molecule is CC1C(=O)C=C(C2c3c(/C=C/c4ccc(O)c(O)c4)cc(O)cc3OC2c2ccc(O)c(O)c2)CC1O. The van der Waals surface area contributed by atoms with Gasteiger partial charge in [-0.1, -0.05) is 36.8 Å². The first-order valence-electron chi connectivity index (χ1n) is 11.8. The molecule has 190 valence electrons. The second-order valence-electron chi connectivity index (χ2n) is 9.47. The van der Waals surface area contributed by atoms with Crippen LogP contribution in [-0.4, -0.2) is 42.5 Å². The highest BCUT2D eigenvalue weighted by Gasteiger charge is 2.42. The second-order valence-corrected chi connectivity index (χ2v) is 9.47. The van der Waals surface area contributed by atoms with Crippen molar-refractivity contribution in [2.24, 2.45) is 5.92 Å². The topological polar surface area (TPSA) is 148 Å². The Hall–Kier alpha value is -4.43. The Balaban J connectivity index is 1.65. The third-order valence-corrected chi connectivity index (χ3v) is 7.01. The number of hydrogen-bond acceptors (Lipinski definition) is 8. The van der Waals surface area contributed by atoms with Gasteiger partial charge in [-0.05, 0) is 59.5 Å². The molecule has 1 heterocycles. The van der Waals surface area contributed by atoms with Crippen molar-refractivity contribution >= 4 is 17.9 Å². The van der Waals surface area contributed by atoms with E-state index in [1.165, 1.54) is 36.4 Å². The van der Waals surface area contributed by atoms with Crippen LogP contribution in [0.25, 0.3) is 12.2 Å². The van der Waals surface area contributed by atoms with Crippen molar-refractivity contribution in [1.29, 1.82) is 0 Å². The zero-order chi connectivity index (χ0) is 26.4. The van der Waals surface area contributed by atoms with Crippen LogP contribution in [0, 0.1) is 5.92 Å². The van der Waals surface area contributed by atoms with Crippen molar-refractivity contribution in [2.45, 2.75) is 31.5 Å². The minimum Gasteiger partial charge on any atom is -0.508 e. The Labute approximate surface area is 212 Å². The zero-order valence-electron chi connectivity index (χ0n) is 19.9. The van der Waals surface area contributed by atoms with Gasteiger partial charge in [-0.15, -0.1) is 0 Å². The summed E-state index contributed by atoms with van der Waals surface area (Å²) in [6.45, 7) is 1.67. The molecule has 0 saturated carbocycles. The van der Waals surface area contributed by atoms with E-state index in [9.17, 15) is 35.4 Å². The van der Waals surface area contributed by atoms with Crippen molar-refractivity contribution in [3.63, 3.8) is 0 Å². The van der Waals surface area contributed by atoms with Crippen LogP contribution < -0.4 is 4.74 Å². The van der Waals surface area contributed by atoms with Crippen molar-refractivity contribution in [3.8, 4) is 34.5 Å². The van der Waals surface area contributed by atoms with Gasteiger partial charge in [-0.25, -0.2) is 0 Å². The summed E-state index contributed by atoms with van der Waals surface area (Å²) in [4.78, 5) is 12.7. The zero-order valence-corrected chi connectivity index (χ0v) is 19.9. The highest BCUT2D eigenvalue weighted by molar-refractivity contribution is 5.94. The molecule has 0 amide bonds. The summed E-state index contributed by atoms with van der Waals surface area (Å²) >= 11 is 0. The van der Waals surface area contributed by atoms with E-state index in [-0.39, 0.29) is 41.0 Å². The number of rotatable bonds is 4. The Kier molecular flexibility index (Phi) is 6.05. The molecular formula is C29H26O8. The van der Waals surface area contributed by atoms with Gasteiger partial charge < -0.3 is 35.4 Å². The summed E-state index contributed by atoms with van der Waals surface area (Å²) in [7, 11) is 0. The molecule has 0 fully saturated rings. The number of aliphatic hydroxyl groups excluding tert-OH is 1. The summed E-state index contributed by atoms with van der Waals surface area (Å²) in [6, 6.07) is 11.7. The summed E-state index contributed by atoms with van der Waals surface area (Å²) < 4.78 is 6.27. The fourth-order valence-electron chi connectivity index (χ4n) is 4.94. The molecular weight excluding hydrogens is 476 g/mol. The van der Waals surface area contributed by atoms with E-state index >= 15 is 0 Å². The summed E-state index contributed by atoms with van der Waals surface area (Å²) in [5, 5.41) is 60.4. The molecule has 1 aliphatic carbocycles. The average molecular weight is 503 g/mol. The number of ketones is 1. The van der Waals surface area contributed by atoms with Crippen LogP contribution in [0.2, 0.25) is 0 Å². The molecule has 3 aromatic carbocycles. The van der Waals surface area contributed by atoms with Gasteiger partial charge in [0.2, 0.25) is 0 Å². The van der Waals surface area contributed by atoms with E-state index in [4.69, 9.17) is 4.74 Å². The van der Waals surface area contributed by atoms with Crippen molar-refractivity contribution in [1.82, 2.24) is 0 Å². The van der Waals surface area contributed by atoms with E-state index in [0.717, 1.165) is 0 Å². The van der Waals surface area contributed by atoms with Crippen LogP contribution in [0.4, 0.5) is 0 Å². The highest BCUT2D eigenvalue weighted by atomic mass is 16.5. The third kappa shape index (κ3) is 4.47. The number of aliphatic hydroxyl groups is 1. The van der Waals surface area contributed by atoms with Gasteiger partial charge in [-0.2, -0.15) is 0 Å². The molecule has 8 nitrogen and oxygen atoms in total. The second kappa shape index (κ2) is 9.22. The minimum atomic E-state index is -0.874. The number of hydrogen-bond donors (Lipinski definition) is 6. The third-order valence-electron chi connectivity index (χ3n) is 7.01.